The Labute approximate surface area is 202 Å². The van der Waals surface area contributed by atoms with Crippen LogP contribution >= 0.6 is 11.6 Å². The van der Waals surface area contributed by atoms with E-state index in [9.17, 15) is 14.0 Å². The number of benzene rings is 3. The van der Waals surface area contributed by atoms with Crippen molar-refractivity contribution in [3.63, 3.8) is 0 Å². The number of nitriles is 1. The van der Waals surface area contributed by atoms with Crippen LogP contribution in [0, 0.1) is 24.1 Å². The average molecular weight is 477 g/mol. The van der Waals surface area contributed by atoms with E-state index in [2.05, 4.69) is 10.2 Å². The predicted molar refractivity (Wildman–Crippen MR) is 130 cm³/mol. The molecule has 1 N–H and O–H groups in total. The van der Waals surface area contributed by atoms with Gasteiger partial charge < -0.3 is 15.1 Å². The molecule has 0 atom stereocenters. The van der Waals surface area contributed by atoms with E-state index in [1.807, 2.05) is 42.2 Å². The van der Waals surface area contributed by atoms with Gasteiger partial charge in [-0.25, -0.2) is 4.39 Å². The normalized spacial score (nSPS) is 13.4. The second-order valence-electron chi connectivity index (χ2n) is 8.02. The fourth-order valence-corrected chi connectivity index (χ4v) is 4.24. The third-order valence-electron chi connectivity index (χ3n) is 5.83. The molecule has 1 fully saturated rings. The molecule has 4 rings (SSSR count). The fourth-order valence-electron chi connectivity index (χ4n) is 3.94. The number of anilines is 2. The van der Waals surface area contributed by atoms with Crippen molar-refractivity contribution in [2.24, 2.45) is 0 Å². The predicted octanol–water partition coefficient (Wildman–Crippen LogP) is 4.87. The zero-order valence-corrected chi connectivity index (χ0v) is 19.3. The minimum Gasteiger partial charge on any atom is -0.367 e. The summed E-state index contributed by atoms with van der Waals surface area (Å²) in [6.45, 7) is 4.32. The van der Waals surface area contributed by atoms with E-state index in [4.69, 9.17) is 16.9 Å². The maximum absolute atomic E-state index is 14.1. The molecule has 1 saturated heterocycles. The van der Waals surface area contributed by atoms with E-state index < -0.39 is 11.7 Å². The van der Waals surface area contributed by atoms with Gasteiger partial charge in [-0.15, -0.1) is 0 Å². The van der Waals surface area contributed by atoms with Crippen molar-refractivity contribution in [1.82, 2.24) is 4.90 Å². The number of piperazine rings is 1. The van der Waals surface area contributed by atoms with Crippen LogP contribution in [0.1, 0.15) is 31.8 Å². The molecule has 1 aliphatic rings. The maximum Gasteiger partial charge on any atom is 0.258 e. The molecule has 172 valence electrons. The van der Waals surface area contributed by atoms with Crippen LogP contribution in [0.15, 0.2) is 60.7 Å². The van der Waals surface area contributed by atoms with Crippen LogP contribution in [0.4, 0.5) is 15.8 Å². The lowest BCUT2D eigenvalue weighted by molar-refractivity contribution is 0.0746. The first-order valence-electron chi connectivity index (χ1n) is 10.8. The molecular formula is C26H22ClFN4O2. The summed E-state index contributed by atoms with van der Waals surface area (Å²) in [5, 5.41) is 11.9. The van der Waals surface area contributed by atoms with Gasteiger partial charge in [0.1, 0.15) is 5.82 Å². The Morgan fingerprint density at radius 1 is 1.00 bits per heavy atom. The van der Waals surface area contributed by atoms with Crippen molar-refractivity contribution >= 4 is 34.8 Å². The molecule has 34 heavy (non-hydrogen) atoms. The average Bonchev–Trinajstić information content (AvgIpc) is 2.84. The molecule has 1 heterocycles. The van der Waals surface area contributed by atoms with E-state index in [0.29, 0.717) is 42.5 Å². The van der Waals surface area contributed by atoms with E-state index in [-0.39, 0.29) is 17.0 Å². The fraction of sp³-hybridized carbons (Fsp3) is 0.192. The van der Waals surface area contributed by atoms with Crippen LogP contribution in [0.3, 0.4) is 0 Å². The van der Waals surface area contributed by atoms with Crippen molar-refractivity contribution in [3.05, 3.63) is 93.8 Å². The summed E-state index contributed by atoms with van der Waals surface area (Å²) in [6, 6.07) is 18.2. The lowest BCUT2D eigenvalue weighted by Crippen LogP contribution is -2.49. The van der Waals surface area contributed by atoms with Gasteiger partial charge in [-0.05, 0) is 55.0 Å². The SMILES string of the molecule is Cc1ccccc1C(=O)N1CCN(c2ccc(NC(=O)c3ccc(C#N)cc3F)cc2Cl)CC1. The van der Waals surface area contributed by atoms with Gasteiger partial charge in [0.05, 0.1) is 27.9 Å². The summed E-state index contributed by atoms with van der Waals surface area (Å²) in [6.07, 6.45) is 0. The molecule has 6 nitrogen and oxygen atoms in total. The number of rotatable bonds is 4. The first-order valence-corrected chi connectivity index (χ1v) is 11.2. The number of nitrogens with zero attached hydrogens (tertiary/aromatic N) is 3. The van der Waals surface area contributed by atoms with Crippen molar-refractivity contribution in [2.75, 3.05) is 36.4 Å². The number of hydrogen-bond donors (Lipinski definition) is 1. The van der Waals surface area contributed by atoms with Gasteiger partial charge in [0.25, 0.3) is 11.8 Å². The highest BCUT2D eigenvalue weighted by Gasteiger charge is 2.24. The number of carbonyl (C=O) groups excluding carboxylic acids is 2. The van der Waals surface area contributed by atoms with Gasteiger partial charge in [0, 0.05) is 37.4 Å². The van der Waals surface area contributed by atoms with E-state index >= 15 is 0 Å². The summed E-state index contributed by atoms with van der Waals surface area (Å²) in [5.74, 6) is -1.37. The summed E-state index contributed by atoms with van der Waals surface area (Å²) < 4.78 is 14.1. The summed E-state index contributed by atoms with van der Waals surface area (Å²) in [4.78, 5) is 29.2. The summed E-state index contributed by atoms with van der Waals surface area (Å²) >= 11 is 6.50. The number of hydrogen-bond acceptors (Lipinski definition) is 4. The molecule has 0 aliphatic carbocycles. The molecular weight excluding hydrogens is 455 g/mol. The van der Waals surface area contributed by atoms with Gasteiger partial charge in [-0.1, -0.05) is 29.8 Å². The third-order valence-corrected chi connectivity index (χ3v) is 6.13. The van der Waals surface area contributed by atoms with E-state index in [1.54, 1.807) is 18.2 Å². The van der Waals surface area contributed by atoms with Crippen molar-refractivity contribution < 1.29 is 14.0 Å². The minimum absolute atomic E-state index is 0.0249. The number of nitrogens with one attached hydrogen (secondary N) is 1. The second kappa shape index (κ2) is 9.94. The van der Waals surface area contributed by atoms with Crippen LogP contribution in [0.5, 0.6) is 0 Å². The number of amides is 2. The Hall–Kier alpha value is -3.89. The van der Waals surface area contributed by atoms with Gasteiger partial charge in [-0.2, -0.15) is 5.26 Å². The first-order chi connectivity index (χ1) is 16.4. The van der Waals surface area contributed by atoms with Crippen LogP contribution in [-0.2, 0) is 0 Å². The highest BCUT2D eigenvalue weighted by molar-refractivity contribution is 6.33. The summed E-state index contributed by atoms with van der Waals surface area (Å²) in [5.41, 5.74) is 2.88. The molecule has 0 spiro atoms. The molecule has 0 saturated carbocycles. The maximum atomic E-state index is 14.1. The molecule has 3 aromatic carbocycles. The molecule has 3 aromatic rings. The Bertz CT molecular complexity index is 1300. The molecule has 8 heteroatoms. The quantitative estimate of drug-likeness (QED) is 0.582. The molecule has 0 radical (unpaired) electrons. The Kier molecular flexibility index (Phi) is 6.80. The Morgan fingerprint density at radius 2 is 1.74 bits per heavy atom. The standard InChI is InChI=1S/C26H22ClFN4O2/c1-17-4-2-3-5-20(17)26(34)32-12-10-31(11-13-32)24-9-7-19(15-22(24)27)30-25(33)21-8-6-18(16-29)14-23(21)28/h2-9,14-15H,10-13H2,1H3,(H,30,33). The number of carbonyl (C=O) groups is 2. The van der Waals surface area contributed by atoms with Gasteiger partial charge in [-0.3, -0.25) is 9.59 Å². The molecule has 1 aliphatic heterocycles. The van der Waals surface area contributed by atoms with Crippen LogP contribution in [0.2, 0.25) is 5.02 Å². The van der Waals surface area contributed by atoms with Gasteiger partial charge in [0.2, 0.25) is 0 Å². The third kappa shape index (κ3) is 4.87. The van der Waals surface area contributed by atoms with Gasteiger partial charge in [0.15, 0.2) is 0 Å². The smallest absolute Gasteiger partial charge is 0.258 e. The topological polar surface area (TPSA) is 76.4 Å². The van der Waals surface area contributed by atoms with Crippen molar-refractivity contribution in [2.45, 2.75) is 6.92 Å². The molecule has 0 unspecified atom stereocenters. The van der Waals surface area contributed by atoms with Crippen LogP contribution in [-0.4, -0.2) is 42.9 Å². The first kappa shape index (κ1) is 23.3. The summed E-state index contributed by atoms with van der Waals surface area (Å²) in [7, 11) is 0. The minimum atomic E-state index is -0.766. The highest BCUT2D eigenvalue weighted by Crippen LogP contribution is 2.30. The van der Waals surface area contributed by atoms with Crippen molar-refractivity contribution in [3.8, 4) is 6.07 Å². The largest absolute Gasteiger partial charge is 0.367 e. The number of halogens is 2. The second-order valence-corrected chi connectivity index (χ2v) is 8.43. The Balaban J connectivity index is 1.40. The molecule has 2 amide bonds. The zero-order valence-electron chi connectivity index (χ0n) is 18.5. The lowest BCUT2D eigenvalue weighted by Gasteiger charge is -2.36. The molecule has 0 bridgehead atoms. The van der Waals surface area contributed by atoms with E-state index in [1.165, 1.54) is 12.1 Å². The highest BCUT2D eigenvalue weighted by atomic mass is 35.5. The number of aryl methyl sites for hydroxylation is 1. The van der Waals surface area contributed by atoms with Crippen LogP contribution in [0.25, 0.3) is 0 Å². The Morgan fingerprint density at radius 3 is 2.38 bits per heavy atom. The van der Waals surface area contributed by atoms with Crippen LogP contribution < -0.4 is 10.2 Å². The van der Waals surface area contributed by atoms with Crippen molar-refractivity contribution in [1.29, 1.82) is 5.26 Å². The van der Waals surface area contributed by atoms with Gasteiger partial charge >= 0.3 is 0 Å². The molecule has 0 aromatic heterocycles. The zero-order chi connectivity index (χ0) is 24.2. The monoisotopic (exact) mass is 476 g/mol. The van der Waals surface area contributed by atoms with E-state index in [0.717, 1.165) is 17.3 Å². The lowest BCUT2D eigenvalue weighted by atomic mass is 10.1.